The number of ether oxygens (including phenoxy) is 2. The topological polar surface area (TPSA) is 102 Å². The lowest BCUT2D eigenvalue weighted by Crippen LogP contribution is -2.45. The van der Waals surface area contributed by atoms with Crippen LogP contribution in [0.5, 0.6) is 11.5 Å². The average Bonchev–Trinajstić information content (AvgIpc) is 3.06. The summed E-state index contributed by atoms with van der Waals surface area (Å²) in [6, 6.07) is 2.47. The molecule has 0 saturated carbocycles. The Labute approximate surface area is 154 Å². The van der Waals surface area contributed by atoms with Crippen molar-refractivity contribution in [1.82, 2.24) is 9.80 Å². The Hall–Kier alpha value is -2.10. The van der Waals surface area contributed by atoms with Gasteiger partial charge in [-0.15, -0.1) is 6.58 Å². The lowest BCUT2D eigenvalue weighted by atomic mass is 10.1. The van der Waals surface area contributed by atoms with E-state index in [9.17, 15) is 13.2 Å². The number of rotatable bonds is 7. The second-order valence-electron chi connectivity index (χ2n) is 6.07. The molecule has 144 valence electrons. The summed E-state index contributed by atoms with van der Waals surface area (Å²) in [4.78, 5) is 16.6. The van der Waals surface area contributed by atoms with E-state index < -0.39 is 10.0 Å². The van der Waals surface area contributed by atoms with Crippen LogP contribution in [0.15, 0.2) is 29.7 Å². The maximum absolute atomic E-state index is 13.1. The highest BCUT2D eigenvalue weighted by molar-refractivity contribution is 7.89. The summed E-state index contributed by atoms with van der Waals surface area (Å²) in [7, 11) is 0.434. The van der Waals surface area contributed by atoms with Crippen molar-refractivity contribution in [3.63, 3.8) is 0 Å². The van der Waals surface area contributed by atoms with E-state index in [1.807, 2.05) is 0 Å². The molecule has 0 unspecified atom stereocenters. The van der Waals surface area contributed by atoms with Gasteiger partial charge in [0, 0.05) is 26.2 Å². The quantitative estimate of drug-likeness (QED) is 0.706. The smallest absolute Gasteiger partial charge is 0.258 e. The molecule has 0 bridgehead atoms. The summed E-state index contributed by atoms with van der Waals surface area (Å²) in [5, 5.41) is 5.23. The number of sulfonamides is 1. The van der Waals surface area contributed by atoms with E-state index in [4.69, 9.17) is 14.6 Å². The molecule has 0 radical (unpaired) electrons. The molecule has 1 aromatic carbocycles. The standard InChI is InChI=1S/C17H25N3O5S/c1-5-8-20-9-6-7-15(20)19(2)17(21)13-10-12(26(18,22)23)11-14(24-3)16(13)25-4/h5,10-11,15H,1,6-9H2,2-4H3,(H2,18,22,23)/t15-/m1/s1. The molecule has 1 aliphatic rings. The van der Waals surface area contributed by atoms with E-state index in [1.54, 1.807) is 18.0 Å². The number of amides is 1. The summed E-state index contributed by atoms with van der Waals surface area (Å²) in [5.41, 5.74) is 0.0869. The lowest BCUT2D eigenvalue weighted by molar-refractivity contribution is 0.0555. The molecule has 26 heavy (non-hydrogen) atoms. The van der Waals surface area contributed by atoms with Crippen molar-refractivity contribution in [3.8, 4) is 11.5 Å². The molecule has 1 atom stereocenters. The zero-order chi connectivity index (χ0) is 19.5. The molecule has 2 N–H and O–H groups in total. The molecule has 2 rings (SSSR count). The maximum Gasteiger partial charge on any atom is 0.258 e. The van der Waals surface area contributed by atoms with Crippen LogP contribution < -0.4 is 14.6 Å². The Kier molecular flexibility index (Phi) is 6.27. The first-order valence-corrected chi connectivity index (χ1v) is 9.70. The Balaban J connectivity index is 2.48. The number of carbonyl (C=O) groups is 1. The van der Waals surface area contributed by atoms with Crippen LogP contribution in [0, 0.1) is 0 Å². The van der Waals surface area contributed by atoms with Gasteiger partial charge in [0.15, 0.2) is 11.5 Å². The van der Waals surface area contributed by atoms with Crippen molar-refractivity contribution in [1.29, 1.82) is 0 Å². The Bertz CT molecular complexity index is 794. The molecule has 1 aromatic rings. The predicted molar refractivity (Wildman–Crippen MR) is 97.8 cm³/mol. The largest absolute Gasteiger partial charge is 0.493 e. The van der Waals surface area contributed by atoms with Gasteiger partial charge in [0.1, 0.15) is 0 Å². The molecule has 0 spiro atoms. The van der Waals surface area contributed by atoms with E-state index in [1.165, 1.54) is 26.4 Å². The number of carbonyl (C=O) groups excluding carboxylic acids is 1. The second kappa shape index (κ2) is 8.07. The minimum Gasteiger partial charge on any atom is -0.493 e. The van der Waals surface area contributed by atoms with Crippen LogP contribution >= 0.6 is 0 Å². The van der Waals surface area contributed by atoms with Crippen LogP contribution in [0.1, 0.15) is 23.2 Å². The zero-order valence-corrected chi connectivity index (χ0v) is 16.1. The third kappa shape index (κ3) is 4.00. The van der Waals surface area contributed by atoms with Crippen LogP contribution in [-0.4, -0.2) is 64.6 Å². The Morgan fingerprint density at radius 2 is 2.12 bits per heavy atom. The van der Waals surface area contributed by atoms with Gasteiger partial charge in [0.25, 0.3) is 5.91 Å². The predicted octanol–water partition coefficient (Wildman–Crippen LogP) is 1.03. The normalized spacial score (nSPS) is 17.8. The second-order valence-corrected chi connectivity index (χ2v) is 7.64. The van der Waals surface area contributed by atoms with Crippen molar-refractivity contribution in [3.05, 3.63) is 30.4 Å². The van der Waals surface area contributed by atoms with Crippen LogP contribution in [0.3, 0.4) is 0 Å². The van der Waals surface area contributed by atoms with Gasteiger partial charge in [-0.05, 0) is 18.9 Å². The van der Waals surface area contributed by atoms with Crippen molar-refractivity contribution >= 4 is 15.9 Å². The molecular weight excluding hydrogens is 358 g/mol. The molecule has 1 saturated heterocycles. The van der Waals surface area contributed by atoms with Gasteiger partial charge in [-0.2, -0.15) is 0 Å². The first-order chi connectivity index (χ1) is 12.2. The Morgan fingerprint density at radius 3 is 2.65 bits per heavy atom. The molecule has 0 aromatic heterocycles. The van der Waals surface area contributed by atoms with E-state index in [-0.39, 0.29) is 34.0 Å². The average molecular weight is 383 g/mol. The SMILES string of the molecule is C=CCN1CCC[C@@H]1N(C)C(=O)c1cc(S(N)(=O)=O)cc(OC)c1OC. The highest BCUT2D eigenvalue weighted by Crippen LogP contribution is 2.35. The fraction of sp³-hybridized carbons (Fsp3) is 0.471. The fourth-order valence-corrected chi connectivity index (χ4v) is 3.77. The number of nitrogens with zero attached hydrogens (tertiary/aromatic N) is 2. The summed E-state index contributed by atoms with van der Waals surface area (Å²) in [5.74, 6) is -0.0678. The van der Waals surface area contributed by atoms with Crippen LogP contribution in [0.4, 0.5) is 0 Å². The third-order valence-electron chi connectivity index (χ3n) is 4.47. The van der Waals surface area contributed by atoms with Gasteiger partial charge >= 0.3 is 0 Å². The molecule has 1 aliphatic heterocycles. The van der Waals surface area contributed by atoms with E-state index in [0.29, 0.717) is 6.54 Å². The Morgan fingerprint density at radius 1 is 1.42 bits per heavy atom. The molecular formula is C17H25N3O5S. The maximum atomic E-state index is 13.1. The molecule has 1 heterocycles. The summed E-state index contributed by atoms with van der Waals surface area (Å²) < 4.78 is 34.0. The summed E-state index contributed by atoms with van der Waals surface area (Å²) >= 11 is 0. The first kappa shape index (κ1) is 20.2. The van der Waals surface area contributed by atoms with Gasteiger partial charge < -0.3 is 14.4 Å². The van der Waals surface area contributed by atoms with Gasteiger partial charge in [0.05, 0.1) is 30.8 Å². The minimum atomic E-state index is -4.01. The van der Waals surface area contributed by atoms with Crippen LogP contribution in [-0.2, 0) is 10.0 Å². The van der Waals surface area contributed by atoms with Gasteiger partial charge in [-0.25, -0.2) is 13.6 Å². The number of likely N-dealkylation sites (tertiary alicyclic amines) is 1. The minimum absolute atomic E-state index is 0.0869. The van der Waals surface area contributed by atoms with Crippen LogP contribution in [0.2, 0.25) is 0 Å². The van der Waals surface area contributed by atoms with Crippen molar-refractivity contribution in [2.75, 3.05) is 34.4 Å². The fourth-order valence-electron chi connectivity index (χ4n) is 3.21. The number of primary sulfonamides is 1. The van der Waals surface area contributed by atoms with E-state index in [0.717, 1.165) is 19.4 Å². The number of hydrogen-bond donors (Lipinski definition) is 1. The third-order valence-corrected chi connectivity index (χ3v) is 5.36. The number of hydrogen-bond acceptors (Lipinski definition) is 6. The zero-order valence-electron chi connectivity index (χ0n) is 15.3. The molecule has 8 nitrogen and oxygen atoms in total. The van der Waals surface area contributed by atoms with Crippen molar-refractivity contribution in [2.45, 2.75) is 23.9 Å². The number of nitrogens with two attached hydrogens (primary N) is 1. The van der Waals surface area contributed by atoms with Gasteiger partial charge in [-0.1, -0.05) is 6.08 Å². The molecule has 9 heteroatoms. The highest BCUT2D eigenvalue weighted by atomic mass is 32.2. The first-order valence-electron chi connectivity index (χ1n) is 8.15. The molecule has 0 aliphatic carbocycles. The molecule has 1 amide bonds. The number of methoxy groups -OCH3 is 2. The summed E-state index contributed by atoms with van der Waals surface area (Å²) in [6.45, 7) is 5.28. The molecule has 1 fully saturated rings. The monoisotopic (exact) mass is 383 g/mol. The van der Waals surface area contributed by atoms with Crippen molar-refractivity contribution < 1.29 is 22.7 Å². The van der Waals surface area contributed by atoms with E-state index >= 15 is 0 Å². The lowest BCUT2D eigenvalue weighted by Gasteiger charge is -2.32. The van der Waals surface area contributed by atoms with Crippen LogP contribution in [0.25, 0.3) is 0 Å². The van der Waals surface area contributed by atoms with Gasteiger partial charge in [0.2, 0.25) is 10.0 Å². The summed E-state index contributed by atoms with van der Waals surface area (Å²) in [6.07, 6.45) is 3.48. The number of benzene rings is 1. The van der Waals surface area contributed by atoms with E-state index in [2.05, 4.69) is 11.5 Å². The van der Waals surface area contributed by atoms with Gasteiger partial charge in [-0.3, -0.25) is 9.69 Å². The highest BCUT2D eigenvalue weighted by Gasteiger charge is 2.32. The van der Waals surface area contributed by atoms with Crippen molar-refractivity contribution in [2.24, 2.45) is 5.14 Å².